The third-order valence-corrected chi connectivity index (χ3v) is 11.3. The van der Waals surface area contributed by atoms with E-state index >= 15 is 0 Å². The average Bonchev–Trinajstić information content (AvgIpc) is 3.03. The molecule has 0 aromatic rings. The lowest BCUT2D eigenvalue weighted by molar-refractivity contribution is -0.104. The highest BCUT2D eigenvalue weighted by atomic mass is 16.3. The van der Waals surface area contributed by atoms with Crippen LogP contribution < -0.4 is 0 Å². The van der Waals surface area contributed by atoms with Crippen molar-refractivity contribution in [2.45, 2.75) is 106 Å². The Labute approximate surface area is 181 Å². The van der Waals surface area contributed by atoms with Gasteiger partial charge in [-0.3, -0.25) is 0 Å². The zero-order chi connectivity index (χ0) is 21.0. The first-order chi connectivity index (χ1) is 13.7. The van der Waals surface area contributed by atoms with E-state index in [1.54, 1.807) is 0 Å². The smallest absolute Gasteiger partial charge is 0.0886 e. The van der Waals surface area contributed by atoms with Crippen LogP contribution in [-0.2, 0) is 0 Å². The molecule has 0 radical (unpaired) electrons. The molecular weight excluding hydrogens is 352 g/mol. The van der Waals surface area contributed by atoms with Gasteiger partial charge in [0.15, 0.2) is 0 Å². The summed E-state index contributed by atoms with van der Waals surface area (Å²) >= 11 is 0. The molecule has 3 saturated carbocycles. The highest BCUT2D eigenvalue weighted by Gasteiger charge is 2.60. The molecule has 1 N–H and O–H groups in total. The second-order valence-electron chi connectivity index (χ2n) is 12.8. The first-order valence-electron chi connectivity index (χ1n) is 13.0. The molecule has 0 heterocycles. The minimum absolute atomic E-state index is 0.451. The second kappa shape index (κ2) is 7.90. The maximum atomic E-state index is 10.1. The van der Waals surface area contributed by atoms with Crippen LogP contribution in [0, 0.1) is 58.2 Å². The van der Waals surface area contributed by atoms with Crippen LogP contribution in [0.3, 0.4) is 0 Å². The fourth-order valence-electron chi connectivity index (χ4n) is 8.90. The lowest BCUT2D eigenvalue weighted by Gasteiger charge is -2.60. The van der Waals surface area contributed by atoms with Crippen molar-refractivity contribution >= 4 is 0 Å². The molecule has 0 amide bonds. The molecule has 4 rings (SSSR count). The summed E-state index contributed by atoms with van der Waals surface area (Å²) in [6.45, 7) is 15.1. The number of aliphatic hydroxyl groups excluding tert-OH is 1. The Morgan fingerprint density at radius 3 is 2.38 bits per heavy atom. The van der Waals surface area contributed by atoms with Crippen LogP contribution in [0.2, 0.25) is 0 Å². The SMILES string of the molecule is CC(C)[C@H](C)CC[C@@H](C)[C@H]1CC[C@H]2[C@@H]3CC[C@@H]4CC(O)=CC[C@]4(C)[C@H]3CC[C@]12C. The van der Waals surface area contributed by atoms with Crippen molar-refractivity contribution in [2.75, 3.05) is 0 Å². The number of fused-ring (bicyclic) bond motifs is 5. The van der Waals surface area contributed by atoms with Gasteiger partial charge in [0.1, 0.15) is 0 Å². The minimum atomic E-state index is 0.451. The molecule has 29 heavy (non-hydrogen) atoms. The molecule has 0 aromatic heterocycles. The predicted octanol–water partition coefficient (Wildman–Crippen LogP) is 8.41. The van der Waals surface area contributed by atoms with Gasteiger partial charge in [0.2, 0.25) is 0 Å². The monoisotopic (exact) mass is 400 g/mol. The lowest BCUT2D eigenvalue weighted by atomic mass is 9.45. The van der Waals surface area contributed by atoms with E-state index in [4.69, 9.17) is 0 Å². The number of allylic oxidation sites excluding steroid dienone is 2. The molecule has 1 heteroatoms. The van der Waals surface area contributed by atoms with Crippen LogP contribution in [0.4, 0.5) is 0 Å². The predicted molar refractivity (Wildman–Crippen MR) is 124 cm³/mol. The molecule has 4 aliphatic carbocycles. The molecule has 1 nitrogen and oxygen atoms in total. The average molecular weight is 401 g/mol. The number of aliphatic hydroxyl groups is 1. The van der Waals surface area contributed by atoms with Gasteiger partial charge in [0.25, 0.3) is 0 Å². The highest BCUT2D eigenvalue weighted by Crippen LogP contribution is 2.68. The summed E-state index contributed by atoms with van der Waals surface area (Å²) in [4.78, 5) is 0. The van der Waals surface area contributed by atoms with Gasteiger partial charge in [0.05, 0.1) is 5.76 Å². The van der Waals surface area contributed by atoms with E-state index in [9.17, 15) is 5.11 Å². The van der Waals surface area contributed by atoms with Gasteiger partial charge in [-0.2, -0.15) is 0 Å². The van der Waals surface area contributed by atoms with E-state index in [0.29, 0.717) is 16.6 Å². The molecule has 0 saturated heterocycles. The van der Waals surface area contributed by atoms with Crippen molar-refractivity contribution in [1.29, 1.82) is 0 Å². The van der Waals surface area contributed by atoms with Crippen LogP contribution in [0.5, 0.6) is 0 Å². The van der Waals surface area contributed by atoms with Crippen molar-refractivity contribution in [1.82, 2.24) is 0 Å². The molecule has 166 valence electrons. The Morgan fingerprint density at radius 1 is 0.931 bits per heavy atom. The van der Waals surface area contributed by atoms with E-state index in [0.717, 1.165) is 60.2 Å². The summed E-state index contributed by atoms with van der Waals surface area (Å²) < 4.78 is 0. The quantitative estimate of drug-likeness (QED) is 0.491. The molecule has 0 aromatic carbocycles. The Hall–Kier alpha value is -0.460. The second-order valence-corrected chi connectivity index (χ2v) is 12.8. The molecule has 3 fully saturated rings. The third kappa shape index (κ3) is 3.61. The van der Waals surface area contributed by atoms with Gasteiger partial charge in [-0.1, -0.05) is 54.4 Å². The van der Waals surface area contributed by atoms with E-state index in [2.05, 4.69) is 47.6 Å². The zero-order valence-corrected chi connectivity index (χ0v) is 20.2. The first kappa shape index (κ1) is 21.8. The van der Waals surface area contributed by atoms with Crippen molar-refractivity contribution in [2.24, 2.45) is 58.2 Å². The maximum Gasteiger partial charge on any atom is 0.0886 e. The van der Waals surface area contributed by atoms with Crippen LogP contribution in [0.15, 0.2) is 11.8 Å². The largest absolute Gasteiger partial charge is 0.513 e. The molecule has 0 aliphatic heterocycles. The standard InChI is InChI=1S/C28H48O/c1-18(2)19(3)7-8-20(4)24-11-12-25-23-10-9-21-17-22(29)13-15-27(21,5)26(23)14-16-28(24,25)6/h13,18-21,23-26,29H,7-12,14-17H2,1-6H3/t19-,20-,21-,23+,24-,25+,26+,27+,28-/m1/s1. The van der Waals surface area contributed by atoms with Crippen molar-refractivity contribution < 1.29 is 5.11 Å². The highest BCUT2D eigenvalue weighted by molar-refractivity contribution is 5.14. The summed E-state index contributed by atoms with van der Waals surface area (Å²) in [5.74, 6) is 7.76. The molecular formula is C28H48O. The van der Waals surface area contributed by atoms with E-state index in [-0.39, 0.29) is 0 Å². The van der Waals surface area contributed by atoms with Gasteiger partial charge in [-0.05, 0) is 109 Å². The fourth-order valence-corrected chi connectivity index (χ4v) is 8.90. The lowest BCUT2D eigenvalue weighted by Crippen LogP contribution is -2.52. The number of hydrogen-bond acceptors (Lipinski definition) is 1. The number of hydrogen-bond donors (Lipinski definition) is 1. The van der Waals surface area contributed by atoms with Gasteiger partial charge in [-0.25, -0.2) is 0 Å². The van der Waals surface area contributed by atoms with Crippen LogP contribution in [0.1, 0.15) is 106 Å². The molecule has 9 atom stereocenters. The van der Waals surface area contributed by atoms with E-state index in [1.807, 2.05) is 0 Å². The summed E-state index contributed by atoms with van der Waals surface area (Å²) in [6, 6.07) is 0. The Kier molecular flexibility index (Phi) is 5.93. The maximum absolute atomic E-state index is 10.1. The van der Waals surface area contributed by atoms with Gasteiger partial charge in [-0.15, -0.1) is 0 Å². The molecule has 0 bridgehead atoms. The Morgan fingerprint density at radius 2 is 1.66 bits per heavy atom. The summed E-state index contributed by atoms with van der Waals surface area (Å²) in [5.41, 5.74) is 1.05. The van der Waals surface area contributed by atoms with Gasteiger partial charge >= 0.3 is 0 Å². The topological polar surface area (TPSA) is 20.2 Å². The first-order valence-corrected chi connectivity index (χ1v) is 13.0. The van der Waals surface area contributed by atoms with Crippen LogP contribution in [0.25, 0.3) is 0 Å². The third-order valence-electron chi connectivity index (χ3n) is 11.3. The van der Waals surface area contributed by atoms with Crippen LogP contribution in [-0.4, -0.2) is 5.11 Å². The fraction of sp³-hybridized carbons (Fsp3) is 0.929. The summed E-state index contributed by atoms with van der Waals surface area (Å²) in [6.07, 6.45) is 15.8. The van der Waals surface area contributed by atoms with E-state index in [1.165, 1.54) is 51.4 Å². The minimum Gasteiger partial charge on any atom is -0.513 e. The van der Waals surface area contributed by atoms with Crippen LogP contribution >= 0.6 is 0 Å². The summed E-state index contributed by atoms with van der Waals surface area (Å²) in [7, 11) is 0. The van der Waals surface area contributed by atoms with Gasteiger partial charge in [0, 0.05) is 6.42 Å². The van der Waals surface area contributed by atoms with Crippen molar-refractivity contribution in [3.63, 3.8) is 0 Å². The Balaban J connectivity index is 1.47. The number of rotatable bonds is 5. The Bertz CT molecular complexity index is 620. The molecule has 0 spiro atoms. The van der Waals surface area contributed by atoms with Crippen molar-refractivity contribution in [3.8, 4) is 0 Å². The zero-order valence-electron chi connectivity index (χ0n) is 20.2. The van der Waals surface area contributed by atoms with Gasteiger partial charge < -0.3 is 5.11 Å². The summed E-state index contributed by atoms with van der Waals surface area (Å²) in [5, 5.41) is 10.1. The molecule has 4 aliphatic rings. The normalized spacial score (nSPS) is 46.4. The van der Waals surface area contributed by atoms with E-state index < -0.39 is 0 Å². The molecule has 0 unspecified atom stereocenters. The van der Waals surface area contributed by atoms with Crippen molar-refractivity contribution in [3.05, 3.63) is 11.8 Å².